The Balaban J connectivity index is 0.000000219. The minimum atomic E-state index is -0.491. The van der Waals surface area contributed by atoms with Gasteiger partial charge in [-0.3, -0.25) is 4.79 Å². The first-order valence-corrected chi connectivity index (χ1v) is 13.8. The molecule has 0 aliphatic rings. The number of aromatic nitrogens is 2. The average molecular weight is 665 g/mol. The van der Waals surface area contributed by atoms with Crippen molar-refractivity contribution in [2.45, 2.75) is 7.43 Å². The van der Waals surface area contributed by atoms with Gasteiger partial charge in [-0.2, -0.15) is 4.98 Å². The van der Waals surface area contributed by atoms with Gasteiger partial charge in [-0.25, -0.2) is 0 Å². The third-order valence-corrected chi connectivity index (χ3v) is 7.86. The molecule has 0 saturated carbocycles. The van der Waals surface area contributed by atoms with Crippen molar-refractivity contribution in [3.05, 3.63) is 102 Å². The Morgan fingerprint density at radius 1 is 0.872 bits per heavy atom. The van der Waals surface area contributed by atoms with Gasteiger partial charge in [0.05, 0.1) is 10.0 Å². The fourth-order valence-electron chi connectivity index (χ4n) is 2.59. The highest BCUT2D eigenvalue weighted by atomic mass is 35.5. The van der Waals surface area contributed by atoms with E-state index in [0.717, 1.165) is 10.4 Å². The van der Waals surface area contributed by atoms with Crippen LogP contribution in [0.2, 0.25) is 20.1 Å². The van der Waals surface area contributed by atoms with Crippen LogP contribution in [0.25, 0.3) is 22.2 Å². The second-order valence-corrected chi connectivity index (χ2v) is 10.8. The minimum absolute atomic E-state index is 0. The van der Waals surface area contributed by atoms with Gasteiger partial charge in [-0.05, 0) is 83.0 Å². The summed E-state index contributed by atoms with van der Waals surface area (Å²) in [6.45, 7) is 0. The van der Waals surface area contributed by atoms with Crippen LogP contribution < -0.4 is 5.73 Å². The zero-order valence-corrected chi connectivity index (χ0v) is 24.2. The summed E-state index contributed by atoms with van der Waals surface area (Å²) in [6, 6.07) is 17.4. The summed E-state index contributed by atoms with van der Waals surface area (Å²) < 4.78 is 5.21. The van der Waals surface area contributed by atoms with E-state index in [-0.39, 0.29) is 13.3 Å². The van der Waals surface area contributed by atoms with Crippen LogP contribution in [-0.2, 0) is 0 Å². The number of rotatable bonds is 4. The van der Waals surface area contributed by atoms with Crippen LogP contribution in [0.15, 0.2) is 81.1 Å². The number of hydrogen-bond donors (Lipinski definition) is 2. The Morgan fingerprint density at radius 3 is 1.90 bits per heavy atom. The first kappa shape index (κ1) is 32.6. The molecule has 0 radical (unpaired) electrons. The van der Waals surface area contributed by atoms with E-state index in [9.17, 15) is 4.79 Å². The van der Waals surface area contributed by atoms with E-state index in [1.54, 1.807) is 53.9 Å². The van der Waals surface area contributed by atoms with Crippen LogP contribution in [-0.4, -0.2) is 26.4 Å². The molecule has 0 aliphatic carbocycles. The number of carbonyl (C=O) groups excluding carboxylic acids is 1. The molecule has 3 N–H and O–H groups in total. The van der Waals surface area contributed by atoms with Gasteiger partial charge in [-0.1, -0.05) is 64.1 Å². The lowest BCUT2D eigenvalue weighted by molar-refractivity contribution is 0.108. The van der Waals surface area contributed by atoms with Crippen LogP contribution in [0.1, 0.15) is 22.7 Å². The highest BCUT2D eigenvalue weighted by Crippen LogP contribution is 2.33. The summed E-state index contributed by atoms with van der Waals surface area (Å²) in [6.07, 6.45) is 0. The number of halogens is 5. The van der Waals surface area contributed by atoms with Crippen molar-refractivity contribution in [1.29, 1.82) is 0 Å². The summed E-state index contributed by atoms with van der Waals surface area (Å²) >= 11 is 30.8. The number of oxime groups is 1. The Morgan fingerprint density at radius 2 is 1.44 bits per heavy atom. The fraction of sp³-hybridized carbons (Fsp3) is 0.0400. The number of benzene rings is 2. The van der Waals surface area contributed by atoms with Gasteiger partial charge in [0.1, 0.15) is 9.75 Å². The Bertz CT molecular complexity index is 1520. The van der Waals surface area contributed by atoms with Crippen molar-refractivity contribution in [2.75, 3.05) is 0 Å². The SMILES string of the molecule is C.Clc1ccc(-c2noc(-c3sccc3Cl)n2)cc1.N/C(=N\O)c1ccc(Cl)cc1.O=C(Cl)c1sccc1Cl. The Kier molecular flexibility index (Phi) is 13.2. The van der Waals surface area contributed by atoms with E-state index in [0.29, 0.717) is 42.2 Å². The molecular weight excluding hydrogens is 646 g/mol. The van der Waals surface area contributed by atoms with Crippen molar-refractivity contribution in [2.24, 2.45) is 10.9 Å². The quantitative estimate of drug-likeness (QED) is 0.0650. The van der Waals surface area contributed by atoms with Gasteiger partial charge < -0.3 is 15.5 Å². The smallest absolute Gasteiger partial charge is 0.269 e. The number of thiophene rings is 2. The normalized spacial score (nSPS) is 10.4. The number of amidine groups is 1. The molecule has 0 bridgehead atoms. The predicted molar refractivity (Wildman–Crippen MR) is 163 cm³/mol. The largest absolute Gasteiger partial charge is 0.409 e. The average Bonchev–Trinajstić information content (AvgIpc) is 3.66. The summed E-state index contributed by atoms with van der Waals surface area (Å²) in [5.41, 5.74) is 6.80. The van der Waals surface area contributed by atoms with Gasteiger partial charge in [0, 0.05) is 21.2 Å². The predicted octanol–water partition coefficient (Wildman–Crippen LogP) is 9.62. The second kappa shape index (κ2) is 15.8. The van der Waals surface area contributed by atoms with Crippen LogP contribution in [0.5, 0.6) is 0 Å². The highest BCUT2D eigenvalue weighted by molar-refractivity contribution is 7.14. The molecule has 0 fully saturated rings. The monoisotopic (exact) mass is 662 g/mol. The molecule has 39 heavy (non-hydrogen) atoms. The lowest BCUT2D eigenvalue weighted by Crippen LogP contribution is -2.12. The molecule has 0 unspecified atom stereocenters. The maximum absolute atomic E-state index is 10.4. The molecule has 14 heteroatoms. The summed E-state index contributed by atoms with van der Waals surface area (Å²) in [7, 11) is 0. The van der Waals surface area contributed by atoms with Crippen molar-refractivity contribution in [1.82, 2.24) is 10.1 Å². The first-order valence-electron chi connectivity index (χ1n) is 10.2. The topological polar surface area (TPSA) is 115 Å². The zero-order chi connectivity index (χ0) is 27.7. The number of nitrogens with zero attached hydrogens (tertiary/aromatic N) is 3. The first-order chi connectivity index (χ1) is 18.2. The van der Waals surface area contributed by atoms with Crippen molar-refractivity contribution < 1.29 is 14.5 Å². The molecule has 0 saturated heterocycles. The van der Waals surface area contributed by atoms with Crippen molar-refractivity contribution in [3.8, 4) is 22.2 Å². The van der Waals surface area contributed by atoms with E-state index in [1.165, 1.54) is 22.7 Å². The summed E-state index contributed by atoms with van der Waals surface area (Å²) in [5, 5.41) is 20.5. The lowest BCUT2D eigenvalue weighted by Gasteiger charge is -1.96. The van der Waals surface area contributed by atoms with Gasteiger partial charge in [0.15, 0.2) is 5.84 Å². The lowest BCUT2D eigenvalue weighted by atomic mass is 10.2. The van der Waals surface area contributed by atoms with E-state index < -0.39 is 5.24 Å². The van der Waals surface area contributed by atoms with Gasteiger partial charge in [0.25, 0.3) is 11.1 Å². The molecule has 5 rings (SSSR count). The van der Waals surface area contributed by atoms with Crippen LogP contribution in [0, 0.1) is 0 Å². The molecule has 0 amide bonds. The van der Waals surface area contributed by atoms with Crippen molar-refractivity contribution in [3.63, 3.8) is 0 Å². The van der Waals surface area contributed by atoms with E-state index in [1.807, 2.05) is 17.5 Å². The Hall–Kier alpha value is -2.63. The third kappa shape index (κ3) is 9.51. The van der Waals surface area contributed by atoms with Crippen LogP contribution >= 0.6 is 80.7 Å². The maximum atomic E-state index is 10.4. The zero-order valence-electron chi connectivity index (χ0n) is 18.8. The fourth-order valence-corrected chi connectivity index (χ4v) is 5.15. The van der Waals surface area contributed by atoms with Gasteiger partial charge >= 0.3 is 0 Å². The molecule has 204 valence electrons. The summed E-state index contributed by atoms with van der Waals surface area (Å²) in [5.74, 6) is 1.03. The maximum Gasteiger partial charge on any atom is 0.269 e. The molecule has 3 aromatic heterocycles. The number of carbonyl (C=O) groups is 1. The standard InChI is InChI=1S/C12H6Cl2N2OS.C7H7ClN2O.C5H2Cl2OS.CH4/c13-8-3-1-7(2-4-8)11-15-12(17-16-11)10-9(14)5-6-18-10;8-6-3-1-5(2-4-6)7(9)10-11;6-3-1-2-9-4(3)5(7)8;/h1-6H;1-4,11H,(H2,9,10);1-2H;1H4. The van der Waals surface area contributed by atoms with Gasteiger partial charge in [-0.15, -0.1) is 22.7 Å². The number of hydrogen-bond acceptors (Lipinski definition) is 8. The van der Waals surface area contributed by atoms with Crippen LogP contribution in [0.3, 0.4) is 0 Å². The number of nitrogens with two attached hydrogens (primary N) is 1. The molecule has 7 nitrogen and oxygen atoms in total. The second-order valence-electron chi connectivity index (χ2n) is 6.89. The van der Waals surface area contributed by atoms with Crippen LogP contribution in [0.4, 0.5) is 0 Å². The molecule has 0 aliphatic heterocycles. The molecule has 0 atom stereocenters. The minimum Gasteiger partial charge on any atom is -0.409 e. The highest BCUT2D eigenvalue weighted by Gasteiger charge is 2.14. The van der Waals surface area contributed by atoms with E-state index in [2.05, 4.69) is 15.3 Å². The molecule has 0 spiro atoms. The van der Waals surface area contributed by atoms with E-state index in [4.69, 9.17) is 73.5 Å². The van der Waals surface area contributed by atoms with Crippen molar-refractivity contribution >= 4 is 91.8 Å². The third-order valence-electron chi connectivity index (χ3n) is 4.38. The molecule has 3 heterocycles. The Labute approximate surface area is 257 Å². The molecule has 5 aromatic rings. The van der Waals surface area contributed by atoms with E-state index >= 15 is 0 Å². The molecular formula is C25H19Cl5N4O3S2. The van der Waals surface area contributed by atoms with Gasteiger partial charge in [0.2, 0.25) is 5.82 Å². The molecule has 2 aromatic carbocycles. The summed E-state index contributed by atoms with van der Waals surface area (Å²) in [4.78, 5) is 15.9.